The van der Waals surface area contributed by atoms with Gasteiger partial charge in [0, 0.05) is 6.54 Å². The van der Waals surface area contributed by atoms with E-state index in [1.807, 2.05) is 30.3 Å². The second kappa shape index (κ2) is 29.3. The Hall–Kier alpha value is -4.07. The smallest absolute Gasteiger partial charge is 0.321 e. The highest BCUT2D eigenvalue weighted by molar-refractivity contribution is 6.35. The van der Waals surface area contributed by atoms with Gasteiger partial charge in [0.2, 0.25) is 0 Å². The molecular weight excluding hydrogens is 669 g/mol. The predicted octanol–water partition coefficient (Wildman–Crippen LogP) is -1.18. The number of benzene rings is 1. The van der Waals surface area contributed by atoms with Crippen molar-refractivity contribution in [1.82, 2.24) is 5.32 Å². The van der Waals surface area contributed by atoms with Crippen LogP contribution >= 0.6 is 23.2 Å². The van der Waals surface area contributed by atoms with Crippen LogP contribution in [0.2, 0.25) is 0 Å². The normalized spacial score (nSPS) is 14.5. The molecular formula is C27H45Cl2N7O11. The molecule has 1 aliphatic heterocycles. The number of hydrogen-bond donors (Lipinski definition) is 11. The van der Waals surface area contributed by atoms with Gasteiger partial charge in [-0.3, -0.25) is 33.8 Å². The molecule has 20 heteroatoms. The molecule has 1 aliphatic rings. The molecule has 0 aliphatic carbocycles. The van der Waals surface area contributed by atoms with E-state index in [0.29, 0.717) is 25.8 Å². The molecule has 0 amide bonds. The first kappa shape index (κ1) is 47.3. The van der Waals surface area contributed by atoms with Crippen LogP contribution in [0.4, 0.5) is 0 Å². The molecule has 47 heavy (non-hydrogen) atoms. The maximum Gasteiger partial charge on any atom is 0.321 e. The van der Waals surface area contributed by atoms with Crippen LogP contribution in [0.1, 0.15) is 37.7 Å². The van der Waals surface area contributed by atoms with Crippen LogP contribution in [0, 0.1) is 0 Å². The predicted molar refractivity (Wildman–Crippen MR) is 174 cm³/mol. The van der Waals surface area contributed by atoms with Gasteiger partial charge < -0.3 is 59.5 Å². The Morgan fingerprint density at radius 1 is 0.830 bits per heavy atom. The average molecular weight is 715 g/mol. The van der Waals surface area contributed by atoms with Crippen LogP contribution in [-0.4, -0.2) is 116 Å². The topological polar surface area (TPSA) is 358 Å². The molecule has 0 spiro atoms. The monoisotopic (exact) mass is 713 g/mol. The van der Waals surface area contributed by atoms with Crippen molar-refractivity contribution in [2.24, 2.45) is 33.7 Å². The van der Waals surface area contributed by atoms with Crippen molar-refractivity contribution in [3.8, 4) is 0 Å². The van der Waals surface area contributed by atoms with Gasteiger partial charge in [0.25, 0.3) is 0 Å². The zero-order valence-electron chi connectivity index (χ0n) is 25.5. The summed E-state index contributed by atoms with van der Waals surface area (Å²) in [6.07, 6.45) is 2.59. The van der Waals surface area contributed by atoms with Gasteiger partial charge in [0.1, 0.15) is 24.2 Å². The van der Waals surface area contributed by atoms with Gasteiger partial charge >= 0.3 is 29.8 Å². The molecule has 1 aromatic rings. The highest BCUT2D eigenvalue weighted by Gasteiger charge is 2.20. The lowest BCUT2D eigenvalue weighted by molar-refractivity contribution is -0.144. The van der Waals surface area contributed by atoms with Gasteiger partial charge in [0.15, 0.2) is 11.7 Å². The molecule has 1 saturated heterocycles. The number of Topliss-reactive ketones (excluding diaryl/α,β-unsaturated/α-hetero) is 1. The molecule has 0 bridgehead atoms. The summed E-state index contributed by atoms with van der Waals surface area (Å²) in [7, 11) is 0. The number of guanidine groups is 1. The Kier molecular flexibility index (Phi) is 29.6. The zero-order chi connectivity index (χ0) is 36.9. The maximum atomic E-state index is 10.4. The molecule has 0 saturated carbocycles. The number of aliphatic imine (C=N–C) groups is 1. The van der Waals surface area contributed by atoms with Gasteiger partial charge in [0.05, 0.1) is 18.2 Å². The summed E-state index contributed by atoms with van der Waals surface area (Å²) in [6, 6.07) is 6.17. The van der Waals surface area contributed by atoms with Crippen LogP contribution in [0.15, 0.2) is 35.3 Å². The van der Waals surface area contributed by atoms with Gasteiger partial charge in [-0.2, -0.15) is 0 Å². The minimum Gasteiger partial charge on any atom is -0.481 e. The summed E-state index contributed by atoms with van der Waals surface area (Å²) in [5.74, 6) is -5.23. The van der Waals surface area contributed by atoms with Crippen LogP contribution in [-0.2, 0) is 35.2 Å². The first-order valence-electron chi connectivity index (χ1n) is 13.7. The summed E-state index contributed by atoms with van der Waals surface area (Å²) in [5.41, 5.74) is 26.5. The first-order valence-corrected chi connectivity index (χ1v) is 14.8. The quantitative estimate of drug-likeness (QED) is 0.0467. The number of aliphatic carboxylic acids is 5. The minimum atomic E-state index is -1.29. The van der Waals surface area contributed by atoms with E-state index in [4.69, 9.17) is 77.4 Å². The number of nitrogens with zero attached hydrogens (tertiary/aromatic N) is 1. The number of nitrogens with two attached hydrogens (primary N) is 5. The van der Waals surface area contributed by atoms with Crippen molar-refractivity contribution in [3.05, 3.63) is 35.9 Å². The summed E-state index contributed by atoms with van der Waals surface area (Å²) in [6.45, 7) is 1.28. The van der Waals surface area contributed by atoms with Gasteiger partial charge in [-0.15, -0.1) is 23.2 Å². The number of carbonyl (C=O) groups excluding carboxylic acids is 1. The second-order valence-electron chi connectivity index (χ2n) is 9.36. The minimum absolute atomic E-state index is 0.0129. The van der Waals surface area contributed by atoms with E-state index in [0.717, 1.165) is 24.9 Å². The van der Waals surface area contributed by atoms with E-state index in [1.165, 1.54) is 0 Å². The van der Waals surface area contributed by atoms with Crippen LogP contribution in [0.25, 0.3) is 0 Å². The lowest BCUT2D eigenvalue weighted by atomic mass is 10.1. The molecule has 268 valence electrons. The fourth-order valence-corrected chi connectivity index (χ4v) is 3.09. The summed E-state index contributed by atoms with van der Waals surface area (Å²) >= 11 is 10.0. The number of carboxylic acids is 5. The van der Waals surface area contributed by atoms with E-state index in [2.05, 4.69) is 10.3 Å². The number of alkyl halides is 2. The van der Waals surface area contributed by atoms with Crippen molar-refractivity contribution in [1.29, 1.82) is 0 Å². The highest BCUT2D eigenvalue weighted by atomic mass is 35.5. The Balaban J connectivity index is -0.000000526. The van der Waals surface area contributed by atoms with Crippen molar-refractivity contribution >= 4 is 64.8 Å². The molecule has 2 rings (SSSR count). The fourth-order valence-electron chi connectivity index (χ4n) is 2.80. The van der Waals surface area contributed by atoms with Gasteiger partial charge in [-0.25, -0.2) is 0 Å². The number of rotatable bonds is 14. The standard InChI is InChI=1S/C9H11NO2.C6H14N4O2.C5H9NO2.C4H7NO4.C3H4Cl2O/c10-8(9(11)12)6-7-4-2-1-3-5-7;7-4(5(11)12)2-1-3-10-6(8)9;7-5(8)4-2-1-3-6-4;5-2(4(8)9)1-3(6)7;4-1-3(6)2-5/h1-5,8H,6,10H2,(H,11,12);4H,1-3,7H2,(H,11,12)(H4,8,9,10);4,6H,1-3H2,(H,7,8);2H,1,5H2,(H,6,7)(H,8,9);1-2H2/t8-;2*4-;2-;/m0000./s1. The van der Waals surface area contributed by atoms with Gasteiger partial charge in [-0.05, 0) is 44.2 Å². The molecule has 1 fully saturated rings. The summed E-state index contributed by atoms with van der Waals surface area (Å²) < 4.78 is 0. The number of ketones is 1. The Morgan fingerprint density at radius 2 is 1.34 bits per heavy atom. The van der Waals surface area contributed by atoms with Crippen LogP contribution in [0.3, 0.4) is 0 Å². The van der Waals surface area contributed by atoms with Crippen molar-refractivity contribution < 1.29 is 54.3 Å². The number of carboxylic acid groups (broad SMARTS) is 5. The lowest BCUT2D eigenvalue weighted by Crippen LogP contribution is -2.32. The number of nitrogens with one attached hydrogen (secondary N) is 1. The van der Waals surface area contributed by atoms with Crippen LogP contribution < -0.4 is 34.0 Å². The number of carbonyl (C=O) groups is 6. The molecule has 16 N–H and O–H groups in total. The van der Waals surface area contributed by atoms with Crippen molar-refractivity contribution in [3.63, 3.8) is 0 Å². The Bertz CT molecular complexity index is 1100. The fraction of sp³-hybridized carbons (Fsp3) is 0.519. The molecule has 1 aromatic carbocycles. The largest absolute Gasteiger partial charge is 0.481 e. The van der Waals surface area contributed by atoms with Crippen molar-refractivity contribution in [2.45, 2.75) is 62.7 Å². The average Bonchev–Trinajstić information content (AvgIpc) is 3.56. The van der Waals surface area contributed by atoms with Gasteiger partial charge in [-0.1, -0.05) is 30.3 Å². The first-order chi connectivity index (χ1) is 21.9. The molecule has 0 unspecified atom stereocenters. The molecule has 4 atom stereocenters. The van der Waals surface area contributed by atoms with E-state index in [-0.39, 0.29) is 29.5 Å². The molecule has 0 aromatic heterocycles. The summed E-state index contributed by atoms with van der Waals surface area (Å²) in [5, 5.41) is 44.1. The SMILES string of the molecule is NC(N)=NCCC[C@H](N)C(=O)O.N[C@@H](CC(=O)O)C(=O)O.N[C@@H](Cc1ccccc1)C(=O)O.O=C(CCl)CCl.O=C(O)[C@@H]1CCCN1. The molecule has 1 heterocycles. The Labute approximate surface area is 281 Å². The third kappa shape index (κ3) is 31.7. The third-order valence-corrected chi connectivity index (χ3v) is 5.86. The second-order valence-corrected chi connectivity index (χ2v) is 9.90. The van der Waals surface area contributed by atoms with Crippen LogP contribution in [0.5, 0.6) is 0 Å². The highest BCUT2D eigenvalue weighted by Crippen LogP contribution is 2.03. The maximum absolute atomic E-state index is 10.4. The number of hydrogen-bond acceptors (Lipinski definition) is 11. The Morgan fingerprint density at radius 3 is 1.64 bits per heavy atom. The molecule has 18 nitrogen and oxygen atoms in total. The third-order valence-electron chi connectivity index (χ3n) is 5.27. The van der Waals surface area contributed by atoms with E-state index in [1.54, 1.807) is 0 Å². The zero-order valence-corrected chi connectivity index (χ0v) is 27.1. The number of halogens is 2. The lowest BCUT2D eigenvalue weighted by Gasteiger charge is -2.04. The van der Waals surface area contributed by atoms with E-state index in [9.17, 15) is 28.8 Å². The molecule has 0 radical (unpaired) electrons. The summed E-state index contributed by atoms with van der Waals surface area (Å²) in [4.78, 5) is 63.9. The van der Waals surface area contributed by atoms with E-state index < -0.39 is 54.4 Å². The van der Waals surface area contributed by atoms with Crippen molar-refractivity contribution in [2.75, 3.05) is 24.8 Å². The van der Waals surface area contributed by atoms with E-state index >= 15 is 0 Å².